The minimum atomic E-state index is 0. The summed E-state index contributed by atoms with van der Waals surface area (Å²) in [5.41, 5.74) is 1.29. The van der Waals surface area contributed by atoms with E-state index in [4.69, 9.17) is 9.47 Å². The summed E-state index contributed by atoms with van der Waals surface area (Å²) in [6.45, 7) is 4.89. The molecule has 7 heteroatoms. The largest absolute Gasteiger partial charge is 0.497 e. The second-order valence-electron chi connectivity index (χ2n) is 6.97. The van der Waals surface area contributed by atoms with Gasteiger partial charge < -0.3 is 20.1 Å². The van der Waals surface area contributed by atoms with Crippen LogP contribution in [0.4, 0.5) is 0 Å². The first-order chi connectivity index (χ1) is 13.3. The first-order valence-electron chi connectivity index (χ1n) is 10.1. The standard InChI is InChI=1S/C21H36N4O2.HI/c1-22-21(23-12-5-4-8-15-26-2)24-17-20(25-13-6-7-14-25)18-10-9-11-19(16-18)27-3;/h9-11,16,20H,4-8,12-15,17H2,1-3H3,(H2,22,23,24);1H. The molecule has 1 fully saturated rings. The van der Waals surface area contributed by atoms with Crippen LogP contribution in [0.1, 0.15) is 43.7 Å². The summed E-state index contributed by atoms with van der Waals surface area (Å²) in [6, 6.07) is 8.74. The van der Waals surface area contributed by atoms with Crippen molar-refractivity contribution in [1.82, 2.24) is 15.5 Å². The van der Waals surface area contributed by atoms with Gasteiger partial charge in [0.15, 0.2) is 5.96 Å². The fraction of sp³-hybridized carbons (Fsp3) is 0.667. The summed E-state index contributed by atoms with van der Waals surface area (Å²) < 4.78 is 10.5. The first-order valence-corrected chi connectivity index (χ1v) is 10.1. The fourth-order valence-electron chi connectivity index (χ4n) is 3.53. The Kier molecular flexibility index (Phi) is 13.3. The number of nitrogens with one attached hydrogen (secondary N) is 2. The number of methoxy groups -OCH3 is 2. The van der Waals surface area contributed by atoms with E-state index < -0.39 is 0 Å². The molecule has 0 aromatic heterocycles. The number of ether oxygens (including phenoxy) is 2. The Labute approximate surface area is 187 Å². The Morgan fingerprint density at radius 2 is 1.93 bits per heavy atom. The zero-order valence-corrected chi connectivity index (χ0v) is 19.9. The highest BCUT2D eigenvalue weighted by molar-refractivity contribution is 14.0. The molecule has 1 aromatic rings. The minimum Gasteiger partial charge on any atom is -0.497 e. The molecule has 28 heavy (non-hydrogen) atoms. The second kappa shape index (κ2) is 14.9. The van der Waals surface area contributed by atoms with Gasteiger partial charge in [-0.2, -0.15) is 0 Å². The van der Waals surface area contributed by atoms with Crippen molar-refractivity contribution in [1.29, 1.82) is 0 Å². The Morgan fingerprint density at radius 3 is 2.61 bits per heavy atom. The van der Waals surface area contributed by atoms with Crippen molar-refractivity contribution in [2.24, 2.45) is 4.99 Å². The molecule has 1 unspecified atom stereocenters. The molecule has 0 aliphatic carbocycles. The maximum Gasteiger partial charge on any atom is 0.191 e. The first kappa shape index (κ1) is 25.0. The molecule has 2 N–H and O–H groups in total. The van der Waals surface area contributed by atoms with Crippen LogP contribution in [0, 0.1) is 0 Å². The molecule has 0 amide bonds. The van der Waals surface area contributed by atoms with Crippen LogP contribution in [0.5, 0.6) is 5.75 Å². The zero-order valence-electron chi connectivity index (χ0n) is 17.6. The molecule has 0 bridgehead atoms. The smallest absolute Gasteiger partial charge is 0.191 e. The van der Waals surface area contributed by atoms with E-state index in [1.165, 1.54) is 18.4 Å². The number of benzene rings is 1. The van der Waals surface area contributed by atoms with Gasteiger partial charge in [-0.25, -0.2) is 0 Å². The highest BCUT2D eigenvalue weighted by Gasteiger charge is 2.24. The summed E-state index contributed by atoms with van der Waals surface area (Å²) in [5.74, 6) is 1.78. The fourth-order valence-corrected chi connectivity index (χ4v) is 3.53. The molecule has 1 aliphatic heterocycles. The SMILES string of the molecule is CN=C(NCCCCCOC)NCC(c1cccc(OC)c1)N1CCCC1.I. The number of aliphatic imine (C=N–C) groups is 1. The van der Waals surface area contributed by atoms with Crippen molar-refractivity contribution < 1.29 is 9.47 Å². The average molecular weight is 504 g/mol. The van der Waals surface area contributed by atoms with E-state index in [2.05, 4.69) is 38.7 Å². The highest BCUT2D eigenvalue weighted by atomic mass is 127. The van der Waals surface area contributed by atoms with E-state index in [9.17, 15) is 0 Å². The molecule has 0 saturated carbocycles. The lowest BCUT2D eigenvalue weighted by Gasteiger charge is -2.29. The monoisotopic (exact) mass is 504 g/mol. The lowest BCUT2D eigenvalue weighted by molar-refractivity contribution is 0.192. The van der Waals surface area contributed by atoms with Crippen LogP contribution in [0.2, 0.25) is 0 Å². The molecule has 6 nitrogen and oxygen atoms in total. The Hall–Kier alpha value is -1.06. The van der Waals surface area contributed by atoms with Crippen LogP contribution < -0.4 is 15.4 Å². The summed E-state index contributed by atoms with van der Waals surface area (Å²) in [6.07, 6.45) is 5.94. The molecule has 1 atom stereocenters. The lowest BCUT2D eigenvalue weighted by Crippen LogP contribution is -2.43. The predicted octanol–water partition coefficient (Wildman–Crippen LogP) is 3.43. The van der Waals surface area contributed by atoms with Gasteiger partial charge in [-0.05, 0) is 62.9 Å². The Balaban J connectivity index is 0.00000392. The number of likely N-dealkylation sites (tertiary alicyclic amines) is 1. The van der Waals surface area contributed by atoms with Crippen molar-refractivity contribution in [3.05, 3.63) is 29.8 Å². The van der Waals surface area contributed by atoms with Gasteiger partial charge in [-0.15, -0.1) is 24.0 Å². The molecule has 160 valence electrons. The van der Waals surface area contributed by atoms with E-state index in [-0.39, 0.29) is 24.0 Å². The van der Waals surface area contributed by atoms with E-state index in [1.807, 2.05) is 13.1 Å². The number of guanidine groups is 1. The molecule has 1 aromatic carbocycles. The average Bonchev–Trinajstić information content (AvgIpc) is 3.23. The van der Waals surface area contributed by atoms with E-state index >= 15 is 0 Å². The number of halogens is 1. The van der Waals surface area contributed by atoms with Crippen molar-refractivity contribution >= 4 is 29.9 Å². The van der Waals surface area contributed by atoms with Crippen LogP contribution in [-0.2, 0) is 4.74 Å². The topological polar surface area (TPSA) is 58.1 Å². The molecule has 1 heterocycles. The van der Waals surface area contributed by atoms with Crippen LogP contribution in [-0.4, -0.2) is 64.9 Å². The van der Waals surface area contributed by atoms with Gasteiger partial charge in [0.25, 0.3) is 0 Å². The number of nitrogens with zero attached hydrogens (tertiary/aromatic N) is 2. The maximum absolute atomic E-state index is 5.42. The van der Waals surface area contributed by atoms with Gasteiger partial charge in [0, 0.05) is 33.9 Å². The molecule has 0 radical (unpaired) electrons. The van der Waals surface area contributed by atoms with Crippen LogP contribution in [0.25, 0.3) is 0 Å². The Morgan fingerprint density at radius 1 is 1.14 bits per heavy atom. The number of unbranched alkanes of at least 4 members (excludes halogenated alkanes) is 2. The third-order valence-electron chi connectivity index (χ3n) is 5.06. The minimum absolute atomic E-state index is 0. The quantitative estimate of drug-likeness (QED) is 0.209. The molecule has 1 aliphatic rings. The number of hydrogen-bond donors (Lipinski definition) is 2. The third-order valence-corrected chi connectivity index (χ3v) is 5.06. The van der Waals surface area contributed by atoms with E-state index in [1.54, 1.807) is 14.2 Å². The summed E-state index contributed by atoms with van der Waals surface area (Å²) in [7, 11) is 5.31. The molecular weight excluding hydrogens is 467 g/mol. The van der Waals surface area contributed by atoms with Gasteiger partial charge in [0.2, 0.25) is 0 Å². The van der Waals surface area contributed by atoms with E-state index in [0.717, 1.165) is 63.8 Å². The van der Waals surface area contributed by atoms with Gasteiger partial charge in [0.05, 0.1) is 13.2 Å². The molecule has 1 saturated heterocycles. The van der Waals surface area contributed by atoms with Gasteiger partial charge in [-0.1, -0.05) is 12.1 Å². The molecular formula is C21H37IN4O2. The summed E-state index contributed by atoms with van der Waals surface area (Å²) >= 11 is 0. The Bertz CT molecular complexity index is 565. The summed E-state index contributed by atoms with van der Waals surface area (Å²) in [5, 5.41) is 6.94. The maximum atomic E-state index is 5.42. The molecule has 2 rings (SSSR count). The van der Waals surface area contributed by atoms with Crippen molar-refractivity contribution in [3.63, 3.8) is 0 Å². The van der Waals surface area contributed by atoms with E-state index in [0.29, 0.717) is 6.04 Å². The normalized spacial score (nSPS) is 15.8. The van der Waals surface area contributed by atoms with Crippen LogP contribution in [0.15, 0.2) is 29.3 Å². The molecule has 0 spiro atoms. The lowest BCUT2D eigenvalue weighted by atomic mass is 10.1. The van der Waals surface area contributed by atoms with Gasteiger partial charge in [-0.3, -0.25) is 9.89 Å². The van der Waals surface area contributed by atoms with Gasteiger partial charge >= 0.3 is 0 Å². The van der Waals surface area contributed by atoms with Crippen molar-refractivity contribution in [2.75, 3.05) is 54.1 Å². The van der Waals surface area contributed by atoms with Crippen molar-refractivity contribution in [2.45, 2.75) is 38.1 Å². The zero-order chi connectivity index (χ0) is 19.3. The van der Waals surface area contributed by atoms with Gasteiger partial charge in [0.1, 0.15) is 5.75 Å². The van der Waals surface area contributed by atoms with Crippen LogP contribution >= 0.6 is 24.0 Å². The number of rotatable bonds is 11. The summed E-state index contributed by atoms with van der Waals surface area (Å²) in [4.78, 5) is 6.93. The third kappa shape index (κ3) is 8.53. The predicted molar refractivity (Wildman–Crippen MR) is 127 cm³/mol. The highest BCUT2D eigenvalue weighted by Crippen LogP contribution is 2.27. The number of hydrogen-bond acceptors (Lipinski definition) is 4. The van der Waals surface area contributed by atoms with Crippen molar-refractivity contribution in [3.8, 4) is 5.75 Å². The second-order valence-corrected chi connectivity index (χ2v) is 6.97. The van der Waals surface area contributed by atoms with Crippen LogP contribution in [0.3, 0.4) is 0 Å².